The minimum atomic E-state index is 0.380. The molecule has 2 atom stereocenters. The molecule has 0 aromatic carbocycles. The van der Waals surface area contributed by atoms with Gasteiger partial charge < -0.3 is 5.73 Å². The van der Waals surface area contributed by atoms with Crippen molar-refractivity contribution in [3.05, 3.63) is 18.0 Å². The van der Waals surface area contributed by atoms with Gasteiger partial charge in [-0.15, -0.1) is 0 Å². The highest BCUT2D eigenvalue weighted by atomic mass is 32.2. The molecular formula is C9H15N3S. The van der Waals surface area contributed by atoms with E-state index in [1.807, 2.05) is 29.7 Å². The molecule has 0 radical (unpaired) electrons. The van der Waals surface area contributed by atoms with Crippen molar-refractivity contribution in [3.63, 3.8) is 0 Å². The highest BCUT2D eigenvalue weighted by Gasteiger charge is 2.24. The lowest BCUT2D eigenvalue weighted by Crippen LogP contribution is -2.29. The Bertz CT molecular complexity index is 284. The minimum Gasteiger partial charge on any atom is -0.327 e. The van der Waals surface area contributed by atoms with Gasteiger partial charge in [0.25, 0.3) is 0 Å². The molecule has 2 heterocycles. The zero-order chi connectivity index (χ0) is 9.26. The van der Waals surface area contributed by atoms with E-state index in [1.54, 1.807) is 0 Å². The van der Waals surface area contributed by atoms with Crippen LogP contribution >= 0.6 is 11.8 Å². The summed E-state index contributed by atoms with van der Waals surface area (Å²) >= 11 is 1.96. The summed E-state index contributed by atoms with van der Waals surface area (Å²) in [7, 11) is 1.95. The fraction of sp³-hybridized carbons (Fsp3) is 0.667. The van der Waals surface area contributed by atoms with Gasteiger partial charge >= 0.3 is 0 Å². The molecule has 1 saturated heterocycles. The summed E-state index contributed by atoms with van der Waals surface area (Å²) < 4.78 is 1.85. The van der Waals surface area contributed by atoms with Gasteiger partial charge in [0.2, 0.25) is 0 Å². The van der Waals surface area contributed by atoms with Crippen LogP contribution in [-0.4, -0.2) is 27.3 Å². The number of hydrogen-bond acceptors (Lipinski definition) is 3. The first-order chi connectivity index (χ1) is 6.25. The van der Waals surface area contributed by atoms with Crippen LogP contribution in [0.5, 0.6) is 0 Å². The first-order valence-corrected chi connectivity index (χ1v) is 5.72. The Hall–Kier alpha value is -0.480. The average molecular weight is 197 g/mol. The maximum Gasteiger partial charge on any atom is 0.0521 e. The topological polar surface area (TPSA) is 43.8 Å². The zero-order valence-corrected chi connectivity index (χ0v) is 8.63. The molecule has 1 aromatic rings. The molecule has 3 nitrogen and oxygen atoms in total. The molecule has 2 N–H and O–H groups in total. The zero-order valence-electron chi connectivity index (χ0n) is 7.81. The molecule has 0 amide bonds. The highest BCUT2D eigenvalue weighted by molar-refractivity contribution is 7.99. The molecule has 0 saturated carbocycles. The smallest absolute Gasteiger partial charge is 0.0521 e. The van der Waals surface area contributed by atoms with E-state index in [1.165, 1.54) is 11.3 Å². The molecule has 13 heavy (non-hydrogen) atoms. The highest BCUT2D eigenvalue weighted by Crippen LogP contribution is 2.25. The Morgan fingerprint density at radius 1 is 1.69 bits per heavy atom. The monoisotopic (exact) mass is 197 g/mol. The van der Waals surface area contributed by atoms with Gasteiger partial charge in [0.1, 0.15) is 0 Å². The summed E-state index contributed by atoms with van der Waals surface area (Å²) in [5.74, 6) is 2.97. The molecule has 4 heteroatoms. The second-order valence-corrected chi connectivity index (χ2v) is 4.76. The predicted octanol–water partition coefficient (Wildman–Crippen LogP) is 0.653. The van der Waals surface area contributed by atoms with Crippen LogP contribution in [-0.2, 0) is 13.5 Å². The van der Waals surface area contributed by atoms with Gasteiger partial charge in [-0.3, -0.25) is 4.68 Å². The van der Waals surface area contributed by atoms with E-state index in [0.717, 1.165) is 12.2 Å². The van der Waals surface area contributed by atoms with Crippen molar-refractivity contribution in [1.82, 2.24) is 9.78 Å². The first-order valence-electron chi connectivity index (χ1n) is 4.56. The van der Waals surface area contributed by atoms with E-state index in [2.05, 4.69) is 11.3 Å². The Morgan fingerprint density at radius 3 is 3.08 bits per heavy atom. The quantitative estimate of drug-likeness (QED) is 0.757. The van der Waals surface area contributed by atoms with Crippen LogP contribution in [0.1, 0.15) is 5.56 Å². The van der Waals surface area contributed by atoms with Crippen molar-refractivity contribution < 1.29 is 0 Å². The Balaban J connectivity index is 1.97. The van der Waals surface area contributed by atoms with Crippen molar-refractivity contribution in [2.24, 2.45) is 18.7 Å². The summed E-state index contributed by atoms with van der Waals surface area (Å²) in [5, 5.41) is 4.15. The van der Waals surface area contributed by atoms with Gasteiger partial charge in [0.15, 0.2) is 0 Å². The number of aryl methyl sites for hydroxylation is 1. The van der Waals surface area contributed by atoms with Gasteiger partial charge in [-0.25, -0.2) is 0 Å². The Kier molecular flexibility index (Phi) is 2.60. The molecule has 1 fully saturated rings. The average Bonchev–Trinajstić information content (AvgIpc) is 2.64. The molecule has 1 aliphatic heterocycles. The largest absolute Gasteiger partial charge is 0.327 e. The molecular weight excluding hydrogens is 182 g/mol. The van der Waals surface area contributed by atoms with Gasteiger partial charge in [-0.1, -0.05) is 0 Å². The van der Waals surface area contributed by atoms with Gasteiger partial charge in [0, 0.05) is 25.0 Å². The van der Waals surface area contributed by atoms with Crippen molar-refractivity contribution in [3.8, 4) is 0 Å². The van der Waals surface area contributed by atoms with E-state index in [9.17, 15) is 0 Å². The molecule has 0 bridgehead atoms. The van der Waals surface area contributed by atoms with E-state index < -0.39 is 0 Å². The normalized spacial score (nSPS) is 28.2. The number of hydrogen-bond donors (Lipinski definition) is 1. The number of aromatic nitrogens is 2. The summed E-state index contributed by atoms with van der Waals surface area (Å²) in [6, 6.07) is 0.380. The van der Waals surface area contributed by atoms with Crippen LogP contribution in [0.3, 0.4) is 0 Å². The summed E-state index contributed by atoms with van der Waals surface area (Å²) in [6.07, 6.45) is 5.10. The summed E-state index contributed by atoms with van der Waals surface area (Å²) in [6.45, 7) is 0. The van der Waals surface area contributed by atoms with Crippen molar-refractivity contribution in [2.45, 2.75) is 12.5 Å². The number of rotatable bonds is 2. The van der Waals surface area contributed by atoms with E-state index >= 15 is 0 Å². The lowest BCUT2D eigenvalue weighted by Gasteiger charge is -2.12. The van der Waals surface area contributed by atoms with Gasteiger partial charge in [-0.05, 0) is 23.7 Å². The molecule has 1 aliphatic rings. The predicted molar refractivity (Wildman–Crippen MR) is 55.7 cm³/mol. The maximum atomic E-state index is 5.99. The third kappa shape index (κ3) is 2.06. The van der Waals surface area contributed by atoms with Crippen molar-refractivity contribution in [1.29, 1.82) is 0 Å². The molecule has 0 spiro atoms. The van der Waals surface area contributed by atoms with E-state index in [4.69, 9.17) is 5.73 Å². The third-order valence-electron chi connectivity index (χ3n) is 2.50. The van der Waals surface area contributed by atoms with Gasteiger partial charge in [-0.2, -0.15) is 16.9 Å². The van der Waals surface area contributed by atoms with Crippen molar-refractivity contribution >= 4 is 11.8 Å². The minimum absolute atomic E-state index is 0.380. The Labute approximate surface area is 82.7 Å². The van der Waals surface area contributed by atoms with Crippen LogP contribution in [0, 0.1) is 5.92 Å². The van der Waals surface area contributed by atoms with E-state index in [0.29, 0.717) is 12.0 Å². The number of nitrogens with two attached hydrogens (primary N) is 1. The Morgan fingerprint density at radius 2 is 2.54 bits per heavy atom. The molecule has 0 aliphatic carbocycles. The second-order valence-electron chi connectivity index (χ2n) is 3.69. The fourth-order valence-electron chi connectivity index (χ4n) is 1.71. The fourth-order valence-corrected chi connectivity index (χ4v) is 3.05. The second kappa shape index (κ2) is 3.72. The lowest BCUT2D eigenvalue weighted by molar-refractivity contribution is 0.515. The van der Waals surface area contributed by atoms with E-state index in [-0.39, 0.29) is 0 Å². The molecule has 2 rings (SSSR count). The van der Waals surface area contributed by atoms with Crippen LogP contribution < -0.4 is 5.73 Å². The van der Waals surface area contributed by atoms with Crippen LogP contribution in [0.2, 0.25) is 0 Å². The molecule has 2 unspecified atom stereocenters. The molecule has 72 valence electrons. The van der Waals surface area contributed by atoms with Crippen LogP contribution in [0.15, 0.2) is 12.4 Å². The standard InChI is InChI=1S/C9H15N3S/c1-12-4-7(3-11-12)2-8-5-13-6-9(8)10/h3-4,8-9H,2,5-6,10H2,1H3. The summed E-state index contributed by atoms with van der Waals surface area (Å²) in [4.78, 5) is 0. The first kappa shape index (κ1) is 9.09. The number of thioether (sulfide) groups is 1. The number of nitrogens with zero attached hydrogens (tertiary/aromatic N) is 2. The summed E-state index contributed by atoms with van der Waals surface area (Å²) in [5.41, 5.74) is 7.30. The van der Waals surface area contributed by atoms with Crippen molar-refractivity contribution in [2.75, 3.05) is 11.5 Å². The third-order valence-corrected chi connectivity index (χ3v) is 3.79. The van der Waals surface area contributed by atoms with Gasteiger partial charge in [0.05, 0.1) is 6.20 Å². The molecule has 1 aromatic heterocycles. The lowest BCUT2D eigenvalue weighted by atomic mass is 9.97. The maximum absolute atomic E-state index is 5.99. The van der Waals surface area contributed by atoms with Crippen LogP contribution in [0.25, 0.3) is 0 Å². The SMILES string of the molecule is Cn1cc(CC2CSCC2N)cn1. The van der Waals surface area contributed by atoms with Crippen LogP contribution in [0.4, 0.5) is 0 Å².